The number of halogens is 1. The predicted octanol–water partition coefficient (Wildman–Crippen LogP) is 1.98. The molecule has 1 aliphatic heterocycles. The zero-order chi connectivity index (χ0) is 15.9. The molecule has 1 N–H and O–H groups in total. The van der Waals surface area contributed by atoms with Crippen molar-refractivity contribution in [1.29, 1.82) is 0 Å². The van der Waals surface area contributed by atoms with Crippen LogP contribution in [-0.4, -0.2) is 60.2 Å². The van der Waals surface area contributed by atoms with Gasteiger partial charge in [-0.1, -0.05) is 0 Å². The fourth-order valence-corrected chi connectivity index (χ4v) is 3.07. The molecule has 1 fully saturated rings. The molecule has 1 heterocycles. The Morgan fingerprint density at radius 2 is 2.00 bits per heavy atom. The van der Waals surface area contributed by atoms with Gasteiger partial charge in [0.05, 0.1) is 0 Å². The minimum absolute atomic E-state index is 0.171. The molecule has 4 nitrogen and oxygen atoms in total. The van der Waals surface area contributed by atoms with Crippen LogP contribution < -0.4 is 4.90 Å². The number of hydrogen-bond acceptors (Lipinski definition) is 4. The summed E-state index contributed by atoms with van der Waals surface area (Å²) in [6.07, 6.45) is 2.41. The van der Waals surface area contributed by atoms with Gasteiger partial charge in [-0.05, 0) is 49.1 Å². The number of amides is 1. The van der Waals surface area contributed by atoms with Gasteiger partial charge in [0.25, 0.3) is 5.91 Å². The van der Waals surface area contributed by atoms with Crippen molar-refractivity contribution in [3.8, 4) is 0 Å². The quantitative estimate of drug-likeness (QED) is 0.899. The Balaban J connectivity index is 1.91. The van der Waals surface area contributed by atoms with Crippen molar-refractivity contribution in [3.05, 3.63) is 30.1 Å². The molecular weight excluding hydrogens is 303 g/mol. The predicted molar refractivity (Wildman–Crippen MR) is 88.8 cm³/mol. The number of carbonyl (C=O) groups excluding carboxylic acids is 1. The summed E-state index contributed by atoms with van der Waals surface area (Å²) in [6, 6.07) is 6.44. The molecule has 1 aromatic rings. The van der Waals surface area contributed by atoms with Crippen LogP contribution >= 0.6 is 11.8 Å². The van der Waals surface area contributed by atoms with Gasteiger partial charge in [-0.25, -0.2) is 4.39 Å². The van der Waals surface area contributed by atoms with Gasteiger partial charge in [-0.2, -0.15) is 11.8 Å². The number of benzene rings is 1. The Kier molecular flexibility index (Phi) is 6.51. The van der Waals surface area contributed by atoms with Crippen LogP contribution in [0.15, 0.2) is 24.3 Å². The van der Waals surface area contributed by atoms with Gasteiger partial charge >= 0.3 is 0 Å². The van der Waals surface area contributed by atoms with E-state index in [9.17, 15) is 14.3 Å². The van der Waals surface area contributed by atoms with Crippen LogP contribution in [0.1, 0.15) is 12.8 Å². The van der Waals surface area contributed by atoms with Crippen LogP contribution in [0.25, 0.3) is 0 Å². The Bertz CT molecular complexity index is 484. The lowest BCUT2D eigenvalue weighted by molar-refractivity contribution is -0.140. The second kappa shape index (κ2) is 8.39. The minimum atomic E-state index is -0.898. The van der Waals surface area contributed by atoms with Crippen LogP contribution in [0.5, 0.6) is 0 Å². The number of hydrogen-bond donors (Lipinski definition) is 1. The Labute approximate surface area is 135 Å². The highest BCUT2D eigenvalue weighted by Crippen LogP contribution is 2.17. The standard InChI is InChI=1S/C16H23FN2O2S/c1-22-12-7-15(20)16(21)19-9-2-8-18(10-11-19)14-5-3-13(17)4-6-14/h3-6,15,20H,2,7-12H2,1H3. The second-order valence-electron chi connectivity index (χ2n) is 5.44. The number of rotatable bonds is 5. The monoisotopic (exact) mass is 326 g/mol. The van der Waals surface area contributed by atoms with Gasteiger partial charge in [0, 0.05) is 31.9 Å². The minimum Gasteiger partial charge on any atom is -0.383 e. The van der Waals surface area contributed by atoms with Crippen LogP contribution in [0.4, 0.5) is 10.1 Å². The second-order valence-corrected chi connectivity index (χ2v) is 6.43. The molecule has 22 heavy (non-hydrogen) atoms. The molecule has 1 unspecified atom stereocenters. The van der Waals surface area contributed by atoms with E-state index >= 15 is 0 Å². The number of thioether (sulfide) groups is 1. The lowest BCUT2D eigenvalue weighted by atomic mass is 10.2. The first kappa shape index (κ1) is 17.1. The van der Waals surface area contributed by atoms with Gasteiger partial charge < -0.3 is 14.9 Å². The molecule has 0 aliphatic carbocycles. The highest BCUT2D eigenvalue weighted by molar-refractivity contribution is 7.98. The summed E-state index contributed by atoms with van der Waals surface area (Å²) >= 11 is 1.63. The molecule has 0 radical (unpaired) electrons. The van der Waals surface area contributed by atoms with Gasteiger partial charge in [0.15, 0.2) is 0 Å². The van der Waals surface area contributed by atoms with E-state index < -0.39 is 6.10 Å². The first-order valence-corrected chi connectivity index (χ1v) is 8.97. The number of nitrogens with zero attached hydrogens (tertiary/aromatic N) is 2. The Morgan fingerprint density at radius 3 is 2.68 bits per heavy atom. The van der Waals surface area contributed by atoms with Gasteiger partial charge in [0.1, 0.15) is 11.9 Å². The van der Waals surface area contributed by atoms with E-state index in [4.69, 9.17) is 0 Å². The van der Waals surface area contributed by atoms with E-state index in [1.807, 2.05) is 6.26 Å². The summed E-state index contributed by atoms with van der Waals surface area (Å²) in [4.78, 5) is 16.1. The average molecular weight is 326 g/mol. The van der Waals surface area contributed by atoms with Crippen LogP contribution in [-0.2, 0) is 4.79 Å². The molecule has 1 amide bonds. The van der Waals surface area contributed by atoms with Crippen molar-refractivity contribution < 1.29 is 14.3 Å². The average Bonchev–Trinajstić information content (AvgIpc) is 2.78. The maximum absolute atomic E-state index is 13.0. The van der Waals surface area contributed by atoms with E-state index in [0.29, 0.717) is 26.1 Å². The van der Waals surface area contributed by atoms with Gasteiger partial charge in [-0.3, -0.25) is 4.79 Å². The SMILES string of the molecule is CSCCC(O)C(=O)N1CCCN(c2ccc(F)cc2)CC1. The molecule has 6 heteroatoms. The van der Waals surface area contributed by atoms with E-state index in [2.05, 4.69) is 4.90 Å². The van der Waals surface area contributed by atoms with Crippen molar-refractivity contribution in [1.82, 2.24) is 4.90 Å². The van der Waals surface area contributed by atoms with Crippen LogP contribution in [0.3, 0.4) is 0 Å². The maximum Gasteiger partial charge on any atom is 0.251 e. The summed E-state index contributed by atoms with van der Waals surface area (Å²) in [5, 5.41) is 9.95. The molecule has 0 spiro atoms. The largest absolute Gasteiger partial charge is 0.383 e. The molecule has 1 aromatic carbocycles. The van der Waals surface area contributed by atoms with Crippen molar-refractivity contribution >= 4 is 23.4 Å². The third-order valence-electron chi connectivity index (χ3n) is 3.88. The van der Waals surface area contributed by atoms with Crippen molar-refractivity contribution in [2.24, 2.45) is 0 Å². The molecule has 1 atom stereocenters. The third-order valence-corrected chi connectivity index (χ3v) is 4.52. The molecule has 0 aromatic heterocycles. The van der Waals surface area contributed by atoms with Crippen molar-refractivity contribution in [2.75, 3.05) is 43.1 Å². The number of carbonyl (C=O) groups is 1. The molecule has 1 aliphatic rings. The number of aliphatic hydroxyl groups is 1. The van der Waals surface area contributed by atoms with Crippen molar-refractivity contribution in [3.63, 3.8) is 0 Å². The molecular formula is C16H23FN2O2S. The molecule has 0 saturated carbocycles. The highest BCUT2D eigenvalue weighted by atomic mass is 32.2. The van der Waals surface area contributed by atoms with Crippen LogP contribution in [0.2, 0.25) is 0 Å². The molecule has 1 saturated heterocycles. The summed E-state index contributed by atoms with van der Waals surface area (Å²) in [7, 11) is 0. The highest BCUT2D eigenvalue weighted by Gasteiger charge is 2.24. The van der Waals surface area contributed by atoms with Gasteiger partial charge in [0.2, 0.25) is 0 Å². The van der Waals surface area contributed by atoms with Crippen LogP contribution in [0, 0.1) is 5.82 Å². The topological polar surface area (TPSA) is 43.8 Å². The normalized spacial score (nSPS) is 17.2. The Hall–Kier alpha value is -1.27. The summed E-state index contributed by atoms with van der Waals surface area (Å²) in [6.45, 7) is 2.78. The Morgan fingerprint density at radius 1 is 1.27 bits per heavy atom. The summed E-state index contributed by atoms with van der Waals surface area (Å²) in [5.74, 6) is 0.366. The number of aliphatic hydroxyl groups excluding tert-OH is 1. The fraction of sp³-hybridized carbons (Fsp3) is 0.562. The maximum atomic E-state index is 13.0. The first-order valence-electron chi connectivity index (χ1n) is 7.58. The lowest BCUT2D eigenvalue weighted by Gasteiger charge is -2.25. The van der Waals surface area contributed by atoms with Crippen molar-refractivity contribution in [2.45, 2.75) is 18.9 Å². The number of anilines is 1. The summed E-state index contributed by atoms with van der Waals surface area (Å²) in [5.41, 5.74) is 0.971. The van der Waals surface area contributed by atoms with E-state index in [-0.39, 0.29) is 11.7 Å². The smallest absolute Gasteiger partial charge is 0.251 e. The summed E-state index contributed by atoms with van der Waals surface area (Å²) < 4.78 is 13.0. The fourth-order valence-electron chi connectivity index (χ4n) is 2.61. The van der Waals surface area contributed by atoms with E-state index in [1.165, 1.54) is 12.1 Å². The lowest BCUT2D eigenvalue weighted by Crippen LogP contribution is -2.41. The van der Waals surface area contributed by atoms with Gasteiger partial charge in [-0.15, -0.1) is 0 Å². The van der Waals surface area contributed by atoms with E-state index in [0.717, 1.165) is 24.4 Å². The molecule has 122 valence electrons. The molecule has 2 rings (SSSR count). The third kappa shape index (κ3) is 4.61. The molecule has 0 bridgehead atoms. The zero-order valence-electron chi connectivity index (χ0n) is 12.9. The first-order chi connectivity index (χ1) is 10.6. The van der Waals surface area contributed by atoms with E-state index in [1.54, 1.807) is 28.8 Å². The zero-order valence-corrected chi connectivity index (χ0v) is 13.7.